The van der Waals surface area contributed by atoms with Gasteiger partial charge >= 0.3 is 0 Å². The van der Waals surface area contributed by atoms with Crippen LogP contribution >= 0.6 is 23.4 Å². The number of hydrogen-bond acceptors (Lipinski definition) is 5. The average Bonchev–Trinajstić information content (AvgIpc) is 2.95. The van der Waals surface area contributed by atoms with E-state index < -0.39 is 11.1 Å². The zero-order valence-corrected chi connectivity index (χ0v) is 17.6. The molecule has 3 rings (SSSR count). The van der Waals surface area contributed by atoms with Crippen LogP contribution in [-0.2, 0) is 4.79 Å². The van der Waals surface area contributed by atoms with Gasteiger partial charge in [-0.2, -0.15) is 0 Å². The van der Waals surface area contributed by atoms with Gasteiger partial charge < -0.3 is 4.74 Å². The first-order chi connectivity index (χ1) is 13.8. The van der Waals surface area contributed by atoms with E-state index in [0.717, 1.165) is 28.0 Å². The predicted octanol–water partition coefficient (Wildman–Crippen LogP) is 5.29. The molecular weight excluding hydrogens is 410 g/mol. The van der Waals surface area contributed by atoms with Gasteiger partial charge in [0.1, 0.15) is 5.75 Å². The highest BCUT2D eigenvalue weighted by Crippen LogP contribution is 2.32. The number of imide groups is 1. The minimum atomic E-state index is -0.470. The van der Waals surface area contributed by atoms with E-state index in [2.05, 4.69) is 13.8 Å². The Labute approximate surface area is 178 Å². The Hall–Kier alpha value is -2.57. The Bertz CT molecular complexity index is 952. The van der Waals surface area contributed by atoms with Gasteiger partial charge in [0.05, 0.1) is 18.1 Å². The number of rotatable bonds is 7. The third-order valence-electron chi connectivity index (χ3n) is 4.10. The molecule has 1 heterocycles. The molecule has 29 heavy (non-hydrogen) atoms. The molecule has 1 saturated heterocycles. The second-order valence-corrected chi connectivity index (χ2v) is 8.40. The zero-order chi connectivity index (χ0) is 21.0. The van der Waals surface area contributed by atoms with Crippen molar-refractivity contribution in [1.29, 1.82) is 0 Å². The fraction of sp³-hybridized carbons (Fsp3) is 0.227. The molecule has 0 spiro atoms. The van der Waals surface area contributed by atoms with Crippen molar-refractivity contribution in [2.75, 3.05) is 13.2 Å². The molecule has 1 fully saturated rings. The Morgan fingerprint density at radius 2 is 1.76 bits per heavy atom. The van der Waals surface area contributed by atoms with Crippen molar-refractivity contribution in [3.05, 3.63) is 69.6 Å². The van der Waals surface area contributed by atoms with Crippen LogP contribution < -0.4 is 4.74 Å². The third kappa shape index (κ3) is 5.49. The molecule has 0 N–H and O–H groups in total. The molecule has 5 nitrogen and oxygen atoms in total. The van der Waals surface area contributed by atoms with Crippen molar-refractivity contribution in [1.82, 2.24) is 4.90 Å². The summed E-state index contributed by atoms with van der Waals surface area (Å²) < 4.78 is 5.64. The number of hydrogen-bond donors (Lipinski definition) is 0. The number of ether oxygens (including phenoxy) is 1. The highest BCUT2D eigenvalue weighted by molar-refractivity contribution is 8.18. The standard InChI is InChI=1S/C22H20ClNO4S/c1-14(2)13-28-18-9-3-15(4-10-18)11-20-21(26)24(22(27)29-20)12-19(25)16-5-7-17(23)8-6-16/h3-11,14H,12-13H2,1-2H3/b20-11-. The quantitative estimate of drug-likeness (QED) is 0.441. The largest absolute Gasteiger partial charge is 0.493 e. The summed E-state index contributed by atoms with van der Waals surface area (Å²) in [7, 11) is 0. The van der Waals surface area contributed by atoms with Crippen LogP contribution in [0.5, 0.6) is 5.75 Å². The summed E-state index contributed by atoms with van der Waals surface area (Å²) >= 11 is 6.65. The van der Waals surface area contributed by atoms with Gasteiger partial charge in [-0.05, 0) is 65.7 Å². The van der Waals surface area contributed by atoms with Gasteiger partial charge in [-0.15, -0.1) is 0 Å². The number of ketones is 1. The lowest BCUT2D eigenvalue weighted by molar-refractivity contribution is -0.122. The molecule has 0 radical (unpaired) electrons. The predicted molar refractivity (Wildman–Crippen MR) is 115 cm³/mol. The minimum absolute atomic E-state index is 0.287. The summed E-state index contributed by atoms with van der Waals surface area (Å²) in [6, 6.07) is 13.6. The van der Waals surface area contributed by atoms with E-state index >= 15 is 0 Å². The number of nitrogens with zero attached hydrogens (tertiary/aromatic N) is 1. The van der Waals surface area contributed by atoms with Crippen molar-refractivity contribution in [3.8, 4) is 5.75 Å². The molecule has 2 aromatic carbocycles. The van der Waals surface area contributed by atoms with E-state index in [4.69, 9.17) is 16.3 Å². The van der Waals surface area contributed by atoms with E-state index in [1.807, 2.05) is 24.3 Å². The highest BCUT2D eigenvalue weighted by atomic mass is 35.5. The Morgan fingerprint density at radius 3 is 2.38 bits per heavy atom. The second-order valence-electron chi connectivity index (χ2n) is 6.97. The molecular formula is C22H20ClNO4S. The summed E-state index contributed by atoms with van der Waals surface area (Å²) in [5.74, 6) is 0.383. The number of halogens is 1. The Balaban J connectivity index is 1.68. The number of carbonyl (C=O) groups excluding carboxylic acids is 3. The van der Waals surface area contributed by atoms with Gasteiger partial charge in [0.25, 0.3) is 11.1 Å². The van der Waals surface area contributed by atoms with Crippen LogP contribution in [0, 0.1) is 5.92 Å². The first-order valence-electron chi connectivity index (χ1n) is 9.10. The fourth-order valence-corrected chi connectivity index (χ4v) is 3.55. The second kappa shape index (κ2) is 9.29. The maximum atomic E-state index is 12.6. The van der Waals surface area contributed by atoms with Crippen molar-refractivity contribution in [2.24, 2.45) is 5.92 Å². The summed E-state index contributed by atoms with van der Waals surface area (Å²) in [6.45, 7) is 4.47. The van der Waals surface area contributed by atoms with E-state index in [0.29, 0.717) is 23.1 Å². The topological polar surface area (TPSA) is 63.7 Å². The number of thioether (sulfide) groups is 1. The maximum absolute atomic E-state index is 12.6. The number of benzene rings is 2. The van der Waals surface area contributed by atoms with Gasteiger partial charge in [0.2, 0.25) is 0 Å². The van der Waals surface area contributed by atoms with Gasteiger partial charge in [0, 0.05) is 10.6 Å². The van der Waals surface area contributed by atoms with Gasteiger partial charge in [-0.25, -0.2) is 0 Å². The smallest absolute Gasteiger partial charge is 0.293 e. The molecule has 1 aliphatic rings. The van der Waals surface area contributed by atoms with Crippen molar-refractivity contribution < 1.29 is 19.1 Å². The Morgan fingerprint density at radius 1 is 1.10 bits per heavy atom. The fourth-order valence-electron chi connectivity index (χ4n) is 2.58. The highest BCUT2D eigenvalue weighted by Gasteiger charge is 2.36. The number of carbonyl (C=O) groups is 3. The average molecular weight is 430 g/mol. The lowest BCUT2D eigenvalue weighted by Crippen LogP contribution is -2.33. The van der Waals surface area contributed by atoms with Crippen molar-refractivity contribution >= 4 is 46.4 Å². The molecule has 7 heteroatoms. The van der Waals surface area contributed by atoms with Crippen LogP contribution in [0.4, 0.5) is 4.79 Å². The van der Waals surface area contributed by atoms with Crippen LogP contribution in [0.15, 0.2) is 53.4 Å². The normalized spacial score (nSPS) is 15.4. The van der Waals surface area contributed by atoms with E-state index in [-0.39, 0.29) is 17.2 Å². The Kier molecular flexibility index (Phi) is 6.77. The molecule has 0 aromatic heterocycles. The van der Waals surface area contributed by atoms with E-state index in [1.54, 1.807) is 30.3 Å². The minimum Gasteiger partial charge on any atom is -0.493 e. The third-order valence-corrected chi connectivity index (χ3v) is 5.26. The van der Waals surface area contributed by atoms with Gasteiger partial charge in [0.15, 0.2) is 5.78 Å². The van der Waals surface area contributed by atoms with Crippen LogP contribution in [0.2, 0.25) is 5.02 Å². The van der Waals surface area contributed by atoms with Crippen LogP contribution in [0.25, 0.3) is 6.08 Å². The lowest BCUT2D eigenvalue weighted by Gasteiger charge is -2.11. The van der Waals surface area contributed by atoms with Crippen molar-refractivity contribution in [2.45, 2.75) is 13.8 Å². The van der Waals surface area contributed by atoms with Crippen LogP contribution in [0.1, 0.15) is 29.8 Å². The molecule has 0 aliphatic carbocycles. The molecule has 0 atom stereocenters. The molecule has 0 unspecified atom stereocenters. The summed E-state index contributed by atoms with van der Waals surface area (Å²) in [5.41, 5.74) is 1.17. The summed E-state index contributed by atoms with van der Waals surface area (Å²) in [4.78, 5) is 38.5. The summed E-state index contributed by atoms with van der Waals surface area (Å²) in [5, 5.41) is 0.0525. The van der Waals surface area contributed by atoms with Gasteiger partial charge in [-0.1, -0.05) is 37.6 Å². The van der Waals surface area contributed by atoms with Crippen LogP contribution in [-0.4, -0.2) is 35.0 Å². The molecule has 2 aromatic rings. The summed E-state index contributed by atoms with van der Waals surface area (Å²) in [6.07, 6.45) is 1.64. The molecule has 0 bridgehead atoms. The first-order valence-corrected chi connectivity index (χ1v) is 10.3. The van der Waals surface area contributed by atoms with E-state index in [9.17, 15) is 14.4 Å². The van der Waals surface area contributed by atoms with E-state index in [1.165, 1.54) is 0 Å². The lowest BCUT2D eigenvalue weighted by atomic mass is 10.1. The van der Waals surface area contributed by atoms with Gasteiger partial charge in [-0.3, -0.25) is 19.3 Å². The molecule has 1 aliphatic heterocycles. The molecule has 150 valence electrons. The maximum Gasteiger partial charge on any atom is 0.293 e. The monoisotopic (exact) mass is 429 g/mol. The van der Waals surface area contributed by atoms with Crippen LogP contribution in [0.3, 0.4) is 0 Å². The number of Topliss-reactive ketones (excluding diaryl/α,β-unsaturated/α-hetero) is 1. The zero-order valence-electron chi connectivity index (χ0n) is 16.1. The molecule has 2 amide bonds. The SMILES string of the molecule is CC(C)COc1ccc(/C=C2\SC(=O)N(CC(=O)c3ccc(Cl)cc3)C2=O)cc1. The van der Waals surface area contributed by atoms with Crippen molar-refractivity contribution in [3.63, 3.8) is 0 Å². The first kappa shape index (κ1) is 21.1. The number of amides is 2. The molecule has 0 saturated carbocycles.